The second kappa shape index (κ2) is 6.36. The van der Waals surface area contributed by atoms with E-state index in [1.54, 1.807) is 25.7 Å². The summed E-state index contributed by atoms with van der Waals surface area (Å²) >= 11 is 0. The highest BCUT2D eigenvalue weighted by atomic mass is 16.5. The highest BCUT2D eigenvalue weighted by Crippen LogP contribution is 2.34. The Morgan fingerprint density at radius 3 is 3.04 bits per heavy atom. The van der Waals surface area contributed by atoms with Crippen LogP contribution in [0.5, 0.6) is 0 Å². The molecule has 0 spiro atoms. The number of nitrogens with one attached hydrogen (secondary N) is 1. The molecule has 4 rings (SSSR count). The van der Waals surface area contributed by atoms with Crippen molar-refractivity contribution in [2.75, 3.05) is 25.6 Å². The Kier molecular flexibility index (Phi) is 4.02. The molecule has 2 N–H and O–H groups in total. The van der Waals surface area contributed by atoms with Gasteiger partial charge in [-0.1, -0.05) is 0 Å². The average Bonchev–Trinajstić information content (AvgIpc) is 3.29. The van der Waals surface area contributed by atoms with Crippen LogP contribution in [-0.4, -0.2) is 51.0 Å². The van der Waals surface area contributed by atoms with E-state index in [4.69, 9.17) is 14.6 Å². The zero-order valence-electron chi connectivity index (χ0n) is 14.0. The van der Waals surface area contributed by atoms with Gasteiger partial charge in [-0.2, -0.15) is 4.98 Å². The van der Waals surface area contributed by atoms with Crippen molar-refractivity contribution in [3.8, 4) is 5.69 Å². The first-order valence-corrected chi connectivity index (χ1v) is 8.04. The van der Waals surface area contributed by atoms with Gasteiger partial charge in [-0.05, 0) is 12.1 Å². The average molecular weight is 355 g/mol. The number of pyridine rings is 1. The molecule has 134 valence electrons. The Labute approximate surface area is 148 Å². The van der Waals surface area contributed by atoms with Gasteiger partial charge in [-0.15, -0.1) is 0 Å². The number of aromatic nitrogens is 4. The van der Waals surface area contributed by atoms with Crippen molar-refractivity contribution in [1.82, 2.24) is 19.5 Å². The SMILES string of the molecule is COC1(c2cncc(-n3ccc4cnc(NC(=O)O)nc43)c2)CCOC1. The summed E-state index contributed by atoms with van der Waals surface area (Å²) < 4.78 is 13.1. The highest BCUT2D eigenvalue weighted by molar-refractivity contribution is 5.83. The Hall–Kier alpha value is -3.04. The Bertz CT molecular complexity index is 965. The van der Waals surface area contributed by atoms with Crippen LogP contribution in [0, 0.1) is 0 Å². The van der Waals surface area contributed by atoms with E-state index in [-0.39, 0.29) is 5.95 Å². The molecule has 3 aromatic heterocycles. The van der Waals surface area contributed by atoms with E-state index in [0.29, 0.717) is 18.9 Å². The van der Waals surface area contributed by atoms with Crippen LogP contribution in [0.2, 0.25) is 0 Å². The summed E-state index contributed by atoms with van der Waals surface area (Å²) in [4.78, 5) is 23.5. The molecule has 4 heterocycles. The smallest absolute Gasteiger partial charge is 0.411 e. The first kappa shape index (κ1) is 16.4. The van der Waals surface area contributed by atoms with Gasteiger partial charge in [0.25, 0.3) is 0 Å². The van der Waals surface area contributed by atoms with Crippen LogP contribution in [-0.2, 0) is 15.1 Å². The molecule has 3 aromatic rings. The number of anilines is 1. The molecular weight excluding hydrogens is 338 g/mol. The molecule has 26 heavy (non-hydrogen) atoms. The minimum atomic E-state index is -1.21. The van der Waals surface area contributed by atoms with Crippen molar-refractivity contribution >= 4 is 23.1 Å². The molecule has 0 aliphatic carbocycles. The number of carbonyl (C=O) groups is 1. The topological polar surface area (TPSA) is 111 Å². The van der Waals surface area contributed by atoms with E-state index in [2.05, 4.69) is 20.3 Å². The normalized spacial score (nSPS) is 19.7. The molecule has 1 saturated heterocycles. The second-order valence-corrected chi connectivity index (χ2v) is 6.02. The molecule has 0 radical (unpaired) electrons. The fourth-order valence-electron chi connectivity index (χ4n) is 3.14. The lowest BCUT2D eigenvalue weighted by molar-refractivity contribution is -0.0215. The standard InChI is InChI=1S/C17H17N5O4/c1-25-17(3-5-26-10-17)12-6-13(9-18-8-12)22-4-2-11-7-19-15(20-14(11)22)21-16(23)24/h2,4,6-9H,3,5,10H2,1H3,(H,23,24)(H,19,20,21). The maximum Gasteiger partial charge on any atom is 0.411 e. The van der Waals surface area contributed by atoms with Crippen LogP contribution < -0.4 is 5.32 Å². The number of fused-ring (bicyclic) bond motifs is 1. The molecule has 9 heteroatoms. The predicted molar refractivity (Wildman–Crippen MR) is 92.4 cm³/mol. The quantitative estimate of drug-likeness (QED) is 0.737. The number of carboxylic acid groups (broad SMARTS) is 1. The summed E-state index contributed by atoms with van der Waals surface area (Å²) in [6.07, 6.45) is 6.46. The van der Waals surface area contributed by atoms with Crippen LogP contribution in [0.25, 0.3) is 16.7 Å². The largest absolute Gasteiger partial charge is 0.465 e. The van der Waals surface area contributed by atoms with Gasteiger partial charge in [0.2, 0.25) is 5.95 Å². The van der Waals surface area contributed by atoms with E-state index >= 15 is 0 Å². The lowest BCUT2D eigenvalue weighted by atomic mass is 9.94. The second-order valence-electron chi connectivity index (χ2n) is 6.02. The molecular formula is C17H17N5O4. The fourth-order valence-corrected chi connectivity index (χ4v) is 3.14. The third-order valence-corrected chi connectivity index (χ3v) is 4.55. The number of hydrogen-bond donors (Lipinski definition) is 2. The fraction of sp³-hybridized carbons (Fsp3) is 0.294. The van der Waals surface area contributed by atoms with Crippen LogP contribution in [0.3, 0.4) is 0 Å². The molecule has 0 bridgehead atoms. The van der Waals surface area contributed by atoms with Crippen LogP contribution in [0.4, 0.5) is 10.7 Å². The molecule has 9 nitrogen and oxygen atoms in total. The van der Waals surface area contributed by atoms with Crippen LogP contribution in [0.15, 0.2) is 36.9 Å². The summed E-state index contributed by atoms with van der Waals surface area (Å²) in [7, 11) is 1.67. The van der Waals surface area contributed by atoms with Gasteiger partial charge in [0.15, 0.2) is 0 Å². The van der Waals surface area contributed by atoms with Crippen molar-refractivity contribution in [2.45, 2.75) is 12.0 Å². The molecule has 1 amide bonds. The van der Waals surface area contributed by atoms with Gasteiger partial charge in [0.05, 0.1) is 18.5 Å². The number of ether oxygens (including phenoxy) is 2. The molecule has 1 unspecified atom stereocenters. The summed E-state index contributed by atoms with van der Waals surface area (Å²) in [5.74, 6) is 0.0200. The van der Waals surface area contributed by atoms with Gasteiger partial charge in [0.1, 0.15) is 11.2 Å². The summed E-state index contributed by atoms with van der Waals surface area (Å²) in [6.45, 7) is 1.12. The van der Waals surface area contributed by atoms with Gasteiger partial charge in [-0.25, -0.2) is 9.78 Å². The Morgan fingerprint density at radius 2 is 2.31 bits per heavy atom. The molecule has 1 fully saturated rings. The summed E-state index contributed by atoms with van der Waals surface area (Å²) in [6, 6.07) is 3.84. The lowest BCUT2D eigenvalue weighted by Gasteiger charge is -2.26. The molecule has 1 aliphatic rings. The van der Waals surface area contributed by atoms with Gasteiger partial charge in [0, 0.05) is 49.7 Å². The molecule has 1 atom stereocenters. The zero-order valence-corrected chi connectivity index (χ0v) is 14.0. The van der Waals surface area contributed by atoms with Crippen molar-refractivity contribution in [3.05, 3.63) is 42.5 Å². The van der Waals surface area contributed by atoms with Crippen LogP contribution >= 0.6 is 0 Å². The van der Waals surface area contributed by atoms with E-state index < -0.39 is 11.7 Å². The van der Waals surface area contributed by atoms with Crippen molar-refractivity contribution in [1.29, 1.82) is 0 Å². The van der Waals surface area contributed by atoms with Gasteiger partial charge in [-0.3, -0.25) is 14.9 Å². The molecule has 0 saturated carbocycles. The number of methoxy groups -OCH3 is 1. The van der Waals surface area contributed by atoms with Gasteiger partial charge < -0.3 is 14.6 Å². The maximum absolute atomic E-state index is 10.8. The number of rotatable bonds is 4. The van der Waals surface area contributed by atoms with Crippen molar-refractivity contribution < 1.29 is 19.4 Å². The molecule has 0 aromatic carbocycles. The third-order valence-electron chi connectivity index (χ3n) is 4.55. The Morgan fingerprint density at radius 1 is 1.42 bits per heavy atom. The van der Waals surface area contributed by atoms with Crippen LogP contribution in [0.1, 0.15) is 12.0 Å². The maximum atomic E-state index is 10.8. The minimum absolute atomic E-state index is 0.0200. The lowest BCUT2D eigenvalue weighted by Crippen LogP contribution is -2.29. The number of amides is 1. The van der Waals surface area contributed by atoms with E-state index in [1.165, 1.54) is 0 Å². The monoisotopic (exact) mass is 355 g/mol. The third kappa shape index (κ3) is 2.76. The minimum Gasteiger partial charge on any atom is -0.465 e. The van der Waals surface area contributed by atoms with E-state index in [1.807, 2.05) is 22.9 Å². The summed E-state index contributed by atoms with van der Waals surface area (Å²) in [5, 5.41) is 11.8. The highest BCUT2D eigenvalue weighted by Gasteiger charge is 2.37. The van der Waals surface area contributed by atoms with Gasteiger partial charge >= 0.3 is 6.09 Å². The zero-order chi connectivity index (χ0) is 18.1. The van der Waals surface area contributed by atoms with E-state index in [0.717, 1.165) is 23.1 Å². The van der Waals surface area contributed by atoms with E-state index in [9.17, 15) is 4.79 Å². The summed E-state index contributed by atoms with van der Waals surface area (Å²) in [5.41, 5.74) is 1.80. The van der Waals surface area contributed by atoms with Crippen molar-refractivity contribution in [2.24, 2.45) is 0 Å². The first-order chi connectivity index (χ1) is 12.6. The van der Waals surface area contributed by atoms with Crippen molar-refractivity contribution in [3.63, 3.8) is 0 Å². The first-order valence-electron chi connectivity index (χ1n) is 8.04. The number of nitrogens with zero attached hydrogens (tertiary/aromatic N) is 4. The predicted octanol–water partition coefficient (Wildman–Crippen LogP) is 2.17. The number of hydrogen-bond acceptors (Lipinski definition) is 6. The molecule has 1 aliphatic heterocycles. The Balaban J connectivity index is 1.78.